The minimum absolute atomic E-state index is 0.0311. The molecule has 11 heteroatoms. The lowest BCUT2D eigenvalue weighted by Crippen LogP contribution is -2.55. The first-order chi connectivity index (χ1) is 17.8. The van der Waals surface area contributed by atoms with Gasteiger partial charge in [-0.1, -0.05) is 12.1 Å². The molecule has 1 N–H and O–H groups in total. The van der Waals surface area contributed by atoms with Gasteiger partial charge in [-0.3, -0.25) is 0 Å². The SMILES string of the molecule is C=Nc1c(-c2cc(C(F)(F)F)cc(S(C)(=O)=O)c2)cnn1/C=C(\C)c1ccc(N2[C@H](C)CNC[C@@H]2C)cc1. The summed E-state index contributed by atoms with van der Waals surface area (Å²) in [6.45, 7) is 11.7. The van der Waals surface area contributed by atoms with Crippen molar-refractivity contribution in [2.45, 2.75) is 43.9 Å². The van der Waals surface area contributed by atoms with E-state index in [2.05, 4.69) is 53.0 Å². The van der Waals surface area contributed by atoms with Crippen LogP contribution in [0.1, 0.15) is 31.9 Å². The molecular weight excluding hydrogens is 515 g/mol. The van der Waals surface area contributed by atoms with Gasteiger partial charge in [0.05, 0.1) is 16.7 Å². The van der Waals surface area contributed by atoms with Crippen LogP contribution in [0.3, 0.4) is 0 Å². The molecule has 0 spiro atoms. The highest BCUT2D eigenvalue weighted by Gasteiger charge is 2.33. The van der Waals surface area contributed by atoms with E-state index in [9.17, 15) is 21.6 Å². The Labute approximate surface area is 220 Å². The average Bonchev–Trinajstić information content (AvgIpc) is 3.25. The van der Waals surface area contributed by atoms with E-state index in [0.717, 1.165) is 42.2 Å². The molecule has 1 saturated heterocycles. The number of halogens is 3. The highest BCUT2D eigenvalue weighted by atomic mass is 32.2. The number of allylic oxidation sites excluding steroid dienone is 1. The molecule has 0 aliphatic carbocycles. The van der Waals surface area contributed by atoms with Crippen LogP contribution < -0.4 is 10.2 Å². The number of hydrogen-bond acceptors (Lipinski definition) is 6. The number of alkyl halides is 3. The topological polar surface area (TPSA) is 79.6 Å². The maximum Gasteiger partial charge on any atom is 0.416 e. The van der Waals surface area contributed by atoms with Crippen molar-refractivity contribution in [3.63, 3.8) is 0 Å². The van der Waals surface area contributed by atoms with E-state index >= 15 is 0 Å². The highest BCUT2D eigenvalue weighted by molar-refractivity contribution is 7.90. The van der Waals surface area contributed by atoms with E-state index in [-0.39, 0.29) is 16.9 Å². The van der Waals surface area contributed by atoms with Gasteiger partial charge in [0.1, 0.15) is 0 Å². The summed E-state index contributed by atoms with van der Waals surface area (Å²) in [7, 11) is -3.90. The Morgan fingerprint density at radius 3 is 2.32 bits per heavy atom. The monoisotopic (exact) mass is 545 g/mol. The first-order valence-corrected chi connectivity index (χ1v) is 13.9. The number of nitrogens with zero attached hydrogens (tertiary/aromatic N) is 4. The average molecular weight is 546 g/mol. The molecule has 1 aliphatic rings. The molecule has 2 atom stereocenters. The number of anilines is 1. The van der Waals surface area contributed by atoms with E-state index in [1.807, 2.05) is 19.1 Å². The summed E-state index contributed by atoms with van der Waals surface area (Å²) in [4.78, 5) is 5.94. The number of rotatable bonds is 6. The van der Waals surface area contributed by atoms with Gasteiger partial charge in [0.2, 0.25) is 0 Å². The second kappa shape index (κ2) is 10.4. The molecule has 0 saturated carbocycles. The van der Waals surface area contributed by atoms with Gasteiger partial charge in [-0.15, -0.1) is 0 Å². The Kier molecular flexibility index (Phi) is 7.53. The zero-order valence-electron chi connectivity index (χ0n) is 21.6. The molecule has 1 aliphatic heterocycles. The largest absolute Gasteiger partial charge is 0.416 e. The molecule has 4 rings (SSSR count). The third-order valence-corrected chi connectivity index (χ3v) is 7.75. The molecule has 202 valence electrons. The summed E-state index contributed by atoms with van der Waals surface area (Å²) in [6.07, 6.45) is -0.797. The minimum Gasteiger partial charge on any atom is -0.364 e. The van der Waals surface area contributed by atoms with Gasteiger partial charge in [0.15, 0.2) is 15.7 Å². The van der Waals surface area contributed by atoms with Gasteiger partial charge in [-0.2, -0.15) is 18.3 Å². The molecule has 2 aromatic carbocycles. The second-order valence-corrected chi connectivity index (χ2v) is 11.6. The Bertz CT molecular complexity index is 1470. The van der Waals surface area contributed by atoms with Crippen LogP contribution in [0, 0.1) is 0 Å². The van der Waals surface area contributed by atoms with Gasteiger partial charge in [0.25, 0.3) is 0 Å². The molecule has 38 heavy (non-hydrogen) atoms. The van der Waals surface area contributed by atoms with Crippen LogP contribution in [0.25, 0.3) is 22.9 Å². The zero-order chi connectivity index (χ0) is 27.8. The van der Waals surface area contributed by atoms with Gasteiger partial charge in [-0.25, -0.2) is 18.1 Å². The lowest BCUT2D eigenvalue weighted by Gasteiger charge is -2.41. The van der Waals surface area contributed by atoms with Crippen molar-refractivity contribution in [3.8, 4) is 11.1 Å². The summed E-state index contributed by atoms with van der Waals surface area (Å²) < 4.78 is 66.1. The van der Waals surface area contributed by atoms with Crippen LogP contribution in [0.5, 0.6) is 0 Å². The molecule has 0 amide bonds. The standard InChI is InChI=1S/C27H30F3N5O2S/c1-17(20-6-8-23(9-7-20)35-18(2)13-32-14-19(35)3)16-34-26(31-4)25(15-33-34)21-10-22(27(28,29)30)12-24(11-21)38(5,36)37/h6-12,15-16,18-19,32H,4,13-14H2,1-3,5H3/b17-16+/t18-,19+. The number of sulfone groups is 1. The fourth-order valence-corrected chi connectivity index (χ4v) is 5.42. The van der Waals surface area contributed by atoms with E-state index < -0.39 is 26.5 Å². The van der Waals surface area contributed by atoms with Crippen molar-refractivity contribution in [1.82, 2.24) is 15.1 Å². The smallest absolute Gasteiger partial charge is 0.364 e. The van der Waals surface area contributed by atoms with Gasteiger partial charge in [-0.05, 0) is 74.5 Å². The Hall–Kier alpha value is -3.44. The zero-order valence-corrected chi connectivity index (χ0v) is 22.4. The van der Waals surface area contributed by atoms with E-state index in [4.69, 9.17) is 0 Å². The van der Waals surface area contributed by atoms with E-state index in [1.165, 1.54) is 16.9 Å². The lowest BCUT2D eigenvalue weighted by atomic mass is 10.0. The number of aromatic nitrogens is 2. The molecule has 0 bridgehead atoms. The predicted octanol–water partition coefficient (Wildman–Crippen LogP) is 5.51. The van der Waals surface area contributed by atoms with Gasteiger partial charge >= 0.3 is 6.18 Å². The normalized spacial score (nSPS) is 19.0. The van der Waals surface area contributed by atoms with E-state index in [1.54, 1.807) is 6.20 Å². The number of aliphatic imine (C=N–C) groups is 1. The predicted molar refractivity (Wildman–Crippen MR) is 146 cm³/mol. The quantitative estimate of drug-likeness (QED) is 0.414. The van der Waals surface area contributed by atoms with Crippen molar-refractivity contribution in [3.05, 3.63) is 59.8 Å². The third-order valence-electron chi connectivity index (χ3n) is 6.66. The molecule has 1 fully saturated rings. The maximum absolute atomic E-state index is 13.5. The van der Waals surface area contributed by atoms with Crippen molar-refractivity contribution < 1.29 is 21.6 Å². The first-order valence-electron chi connectivity index (χ1n) is 12.0. The van der Waals surface area contributed by atoms with Crippen molar-refractivity contribution in [1.29, 1.82) is 0 Å². The summed E-state index contributed by atoms with van der Waals surface area (Å²) in [6, 6.07) is 11.6. The van der Waals surface area contributed by atoms with Crippen LogP contribution in [-0.4, -0.2) is 56.3 Å². The molecule has 1 aromatic heterocycles. The number of nitrogens with one attached hydrogen (secondary N) is 1. The molecule has 0 radical (unpaired) electrons. The van der Waals surface area contributed by atoms with Crippen LogP contribution >= 0.6 is 0 Å². The van der Waals surface area contributed by atoms with Crippen LogP contribution in [0.4, 0.5) is 24.7 Å². The first kappa shape index (κ1) is 27.6. The van der Waals surface area contributed by atoms with E-state index in [0.29, 0.717) is 18.2 Å². The Morgan fingerprint density at radius 1 is 1.13 bits per heavy atom. The number of benzene rings is 2. The lowest BCUT2D eigenvalue weighted by molar-refractivity contribution is -0.137. The molecule has 7 nitrogen and oxygen atoms in total. The molecule has 0 unspecified atom stereocenters. The van der Waals surface area contributed by atoms with Crippen molar-refractivity contribution >= 4 is 39.8 Å². The fraction of sp³-hybridized carbons (Fsp3) is 0.333. The van der Waals surface area contributed by atoms with Crippen LogP contribution in [-0.2, 0) is 16.0 Å². The highest BCUT2D eigenvalue weighted by Crippen LogP contribution is 2.38. The summed E-state index contributed by atoms with van der Waals surface area (Å²) in [5, 5.41) is 7.71. The van der Waals surface area contributed by atoms with Gasteiger partial charge < -0.3 is 10.2 Å². The maximum atomic E-state index is 13.5. The molecule has 2 heterocycles. The summed E-state index contributed by atoms with van der Waals surface area (Å²) in [5.74, 6) is 0.197. The van der Waals surface area contributed by atoms with Crippen molar-refractivity contribution in [2.75, 3.05) is 24.2 Å². The van der Waals surface area contributed by atoms with Crippen molar-refractivity contribution in [2.24, 2.45) is 4.99 Å². The number of piperazine rings is 1. The summed E-state index contributed by atoms with van der Waals surface area (Å²) >= 11 is 0. The number of hydrogen-bond donors (Lipinski definition) is 1. The molecule has 3 aromatic rings. The minimum atomic E-state index is -4.73. The Balaban J connectivity index is 1.69. The summed E-state index contributed by atoms with van der Waals surface area (Å²) in [5.41, 5.74) is 2.11. The van der Waals surface area contributed by atoms with Crippen LogP contribution in [0.2, 0.25) is 0 Å². The molecular formula is C27H30F3N5O2S. The van der Waals surface area contributed by atoms with Gasteiger partial charge in [0, 0.05) is 48.9 Å². The second-order valence-electron chi connectivity index (χ2n) is 9.62. The fourth-order valence-electron chi connectivity index (χ4n) is 4.74. The Morgan fingerprint density at radius 2 is 1.76 bits per heavy atom. The third kappa shape index (κ3) is 5.68. The van der Waals surface area contributed by atoms with Crippen LogP contribution in [0.15, 0.2) is 58.5 Å².